The zero-order valence-electron chi connectivity index (χ0n) is 10.7. The van der Waals surface area contributed by atoms with Crippen LogP contribution in [0.25, 0.3) is 0 Å². The van der Waals surface area contributed by atoms with E-state index in [1.807, 2.05) is 18.5 Å². The summed E-state index contributed by atoms with van der Waals surface area (Å²) >= 11 is 0. The van der Waals surface area contributed by atoms with Crippen LogP contribution in [0, 0.1) is 0 Å². The third kappa shape index (κ3) is 2.19. The van der Waals surface area contributed by atoms with Gasteiger partial charge in [-0.15, -0.1) is 0 Å². The van der Waals surface area contributed by atoms with Gasteiger partial charge >= 0.3 is 0 Å². The van der Waals surface area contributed by atoms with Gasteiger partial charge in [-0.1, -0.05) is 0 Å². The van der Waals surface area contributed by atoms with E-state index in [0.29, 0.717) is 5.75 Å². The average molecular weight is 247 g/mol. The highest BCUT2D eigenvalue weighted by Crippen LogP contribution is 2.29. The molecule has 2 N–H and O–H groups in total. The van der Waals surface area contributed by atoms with Crippen LogP contribution in [0.5, 0.6) is 5.75 Å². The molecule has 0 aromatic carbocycles. The molecule has 0 fully saturated rings. The van der Waals surface area contributed by atoms with Crippen molar-refractivity contribution in [2.24, 2.45) is 5.73 Å². The molecule has 1 atom stereocenters. The molecular weight excluding hydrogens is 230 g/mol. The number of methoxy groups -OCH3 is 1. The molecule has 2 heterocycles. The van der Waals surface area contributed by atoms with Crippen LogP contribution in [-0.4, -0.2) is 26.9 Å². The molecule has 0 radical (unpaired) electrons. The van der Waals surface area contributed by atoms with Crippen LogP contribution in [0.3, 0.4) is 0 Å². The first-order chi connectivity index (χ1) is 8.65. The minimum Gasteiger partial charge on any atom is -0.493 e. The zero-order valence-corrected chi connectivity index (χ0v) is 10.7. The lowest BCUT2D eigenvalue weighted by molar-refractivity contribution is 0.400. The lowest BCUT2D eigenvalue weighted by Gasteiger charge is -2.17. The van der Waals surface area contributed by atoms with Gasteiger partial charge in [0.05, 0.1) is 25.0 Å². The molecule has 0 aliphatic rings. The Bertz CT molecular complexity index is 508. The molecule has 2 aromatic heterocycles. The van der Waals surface area contributed by atoms with Gasteiger partial charge in [0.2, 0.25) is 0 Å². The van der Waals surface area contributed by atoms with Gasteiger partial charge in [0, 0.05) is 12.2 Å². The molecule has 6 nitrogen and oxygen atoms in total. The SMILES string of the molecule is COc1cnn(C(C)C)c1C(N)c1ccncn1. The van der Waals surface area contributed by atoms with E-state index in [1.165, 1.54) is 6.33 Å². The Balaban J connectivity index is 2.46. The molecule has 0 aliphatic carbocycles. The monoisotopic (exact) mass is 247 g/mol. The van der Waals surface area contributed by atoms with Crippen molar-refractivity contribution in [1.82, 2.24) is 19.7 Å². The van der Waals surface area contributed by atoms with Crippen LogP contribution >= 0.6 is 0 Å². The van der Waals surface area contributed by atoms with E-state index >= 15 is 0 Å². The highest BCUT2D eigenvalue weighted by Gasteiger charge is 2.22. The van der Waals surface area contributed by atoms with Gasteiger partial charge in [-0.05, 0) is 19.9 Å². The molecular formula is C12H17N5O. The fourth-order valence-corrected chi connectivity index (χ4v) is 1.85. The lowest BCUT2D eigenvalue weighted by Crippen LogP contribution is -2.20. The number of rotatable bonds is 4. The Hall–Kier alpha value is -1.95. The minimum absolute atomic E-state index is 0.205. The van der Waals surface area contributed by atoms with Crippen LogP contribution in [0.15, 0.2) is 24.8 Å². The fraction of sp³-hybridized carbons (Fsp3) is 0.417. The van der Waals surface area contributed by atoms with Crippen LogP contribution in [0.1, 0.15) is 37.3 Å². The second-order valence-electron chi connectivity index (χ2n) is 4.25. The smallest absolute Gasteiger partial charge is 0.161 e. The van der Waals surface area contributed by atoms with Gasteiger partial charge in [-0.2, -0.15) is 5.10 Å². The summed E-state index contributed by atoms with van der Waals surface area (Å²) < 4.78 is 7.16. The summed E-state index contributed by atoms with van der Waals surface area (Å²) in [7, 11) is 1.61. The number of aromatic nitrogens is 4. The molecule has 6 heteroatoms. The maximum absolute atomic E-state index is 6.24. The predicted molar refractivity (Wildman–Crippen MR) is 67.2 cm³/mol. The fourth-order valence-electron chi connectivity index (χ4n) is 1.85. The highest BCUT2D eigenvalue weighted by atomic mass is 16.5. The minimum atomic E-state index is -0.382. The first-order valence-corrected chi connectivity index (χ1v) is 5.78. The Kier molecular flexibility index (Phi) is 3.57. The van der Waals surface area contributed by atoms with Crippen molar-refractivity contribution in [2.75, 3.05) is 7.11 Å². The molecule has 0 saturated carbocycles. The van der Waals surface area contributed by atoms with Gasteiger partial charge in [0.15, 0.2) is 5.75 Å². The number of hydrogen-bond donors (Lipinski definition) is 1. The number of ether oxygens (including phenoxy) is 1. The number of nitrogens with two attached hydrogens (primary N) is 1. The van der Waals surface area contributed by atoms with Gasteiger partial charge in [0.1, 0.15) is 12.0 Å². The van der Waals surface area contributed by atoms with Crippen LogP contribution in [0.4, 0.5) is 0 Å². The van der Waals surface area contributed by atoms with Crippen molar-refractivity contribution in [3.63, 3.8) is 0 Å². The topological polar surface area (TPSA) is 78.9 Å². The first kappa shape index (κ1) is 12.5. The first-order valence-electron chi connectivity index (χ1n) is 5.78. The predicted octanol–water partition coefficient (Wildman–Crippen LogP) is 1.31. The number of hydrogen-bond acceptors (Lipinski definition) is 5. The summed E-state index contributed by atoms with van der Waals surface area (Å²) in [5.74, 6) is 0.676. The molecule has 0 saturated heterocycles. The second-order valence-corrected chi connectivity index (χ2v) is 4.25. The van der Waals surface area contributed by atoms with E-state index in [9.17, 15) is 0 Å². The third-order valence-corrected chi connectivity index (χ3v) is 2.73. The van der Waals surface area contributed by atoms with Crippen molar-refractivity contribution < 1.29 is 4.74 Å². The Morgan fingerprint density at radius 2 is 2.17 bits per heavy atom. The number of nitrogens with zero attached hydrogens (tertiary/aromatic N) is 4. The standard InChI is InChI=1S/C12H17N5O/c1-8(2)17-12(10(18-3)6-16-17)11(13)9-4-5-14-7-15-9/h4-8,11H,13H2,1-3H3. The summed E-state index contributed by atoms with van der Waals surface area (Å²) in [6.45, 7) is 4.09. The molecule has 2 rings (SSSR count). The van der Waals surface area contributed by atoms with Crippen molar-refractivity contribution in [3.8, 4) is 5.75 Å². The summed E-state index contributed by atoms with van der Waals surface area (Å²) in [4.78, 5) is 8.07. The van der Waals surface area contributed by atoms with Crippen molar-refractivity contribution >= 4 is 0 Å². The van der Waals surface area contributed by atoms with Gasteiger partial charge in [-0.3, -0.25) is 4.68 Å². The quantitative estimate of drug-likeness (QED) is 0.881. The van der Waals surface area contributed by atoms with Crippen molar-refractivity contribution in [1.29, 1.82) is 0 Å². The molecule has 0 amide bonds. The maximum atomic E-state index is 6.24. The van der Waals surface area contributed by atoms with Crippen LogP contribution in [0.2, 0.25) is 0 Å². The van der Waals surface area contributed by atoms with E-state index in [2.05, 4.69) is 15.1 Å². The summed E-state index contributed by atoms with van der Waals surface area (Å²) in [5, 5.41) is 4.30. The Morgan fingerprint density at radius 1 is 1.39 bits per heavy atom. The average Bonchev–Trinajstić information content (AvgIpc) is 2.82. The second kappa shape index (κ2) is 5.14. The van der Waals surface area contributed by atoms with E-state index in [4.69, 9.17) is 10.5 Å². The third-order valence-electron chi connectivity index (χ3n) is 2.73. The largest absolute Gasteiger partial charge is 0.493 e. The molecule has 0 aliphatic heterocycles. The van der Waals surface area contributed by atoms with E-state index < -0.39 is 0 Å². The molecule has 0 bridgehead atoms. The summed E-state index contributed by atoms with van der Waals surface area (Å²) in [5.41, 5.74) is 7.81. The van der Waals surface area contributed by atoms with Crippen molar-refractivity contribution in [3.05, 3.63) is 36.2 Å². The summed E-state index contributed by atoms with van der Waals surface area (Å²) in [6, 6.07) is 1.62. The normalized spacial score (nSPS) is 12.7. The highest BCUT2D eigenvalue weighted by molar-refractivity contribution is 5.33. The van der Waals surface area contributed by atoms with Gasteiger partial charge in [-0.25, -0.2) is 9.97 Å². The molecule has 2 aromatic rings. The molecule has 18 heavy (non-hydrogen) atoms. The zero-order chi connectivity index (χ0) is 13.1. The van der Waals surface area contributed by atoms with E-state index in [-0.39, 0.29) is 12.1 Å². The lowest BCUT2D eigenvalue weighted by atomic mass is 10.1. The van der Waals surface area contributed by atoms with Crippen molar-refractivity contribution in [2.45, 2.75) is 25.9 Å². The van der Waals surface area contributed by atoms with E-state index in [1.54, 1.807) is 25.6 Å². The molecule has 96 valence electrons. The summed E-state index contributed by atoms with van der Waals surface area (Å²) in [6.07, 6.45) is 4.83. The Morgan fingerprint density at radius 3 is 2.72 bits per heavy atom. The van der Waals surface area contributed by atoms with Crippen LogP contribution < -0.4 is 10.5 Å². The van der Waals surface area contributed by atoms with E-state index in [0.717, 1.165) is 11.4 Å². The molecule has 1 unspecified atom stereocenters. The Labute approximate surface area is 106 Å². The maximum Gasteiger partial charge on any atom is 0.161 e. The van der Waals surface area contributed by atoms with Gasteiger partial charge in [0.25, 0.3) is 0 Å². The van der Waals surface area contributed by atoms with Crippen LogP contribution in [-0.2, 0) is 0 Å². The van der Waals surface area contributed by atoms with Gasteiger partial charge < -0.3 is 10.5 Å². The molecule has 0 spiro atoms.